The van der Waals surface area contributed by atoms with Crippen LogP contribution in [0.15, 0.2) is 18.2 Å². The SMILES string of the molecule is CC(C)Oc1ccc(OC2CC2)c(NS(C)(=O)=O)c1. The number of hydrogen-bond donors (Lipinski definition) is 1. The Labute approximate surface area is 114 Å². The molecule has 0 amide bonds. The molecule has 106 valence electrons. The van der Waals surface area contributed by atoms with E-state index in [-0.39, 0.29) is 12.2 Å². The number of nitrogens with one attached hydrogen (secondary N) is 1. The average molecular weight is 285 g/mol. The molecule has 0 spiro atoms. The summed E-state index contributed by atoms with van der Waals surface area (Å²) in [4.78, 5) is 0. The Balaban J connectivity index is 2.25. The first-order chi connectivity index (χ1) is 8.83. The second-order valence-electron chi connectivity index (χ2n) is 5.02. The van der Waals surface area contributed by atoms with E-state index < -0.39 is 10.0 Å². The van der Waals surface area contributed by atoms with E-state index in [0.717, 1.165) is 19.1 Å². The van der Waals surface area contributed by atoms with Crippen LogP contribution in [0.2, 0.25) is 0 Å². The monoisotopic (exact) mass is 285 g/mol. The van der Waals surface area contributed by atoms with Gasteiger partial charge in [-0.15, -0.1) is 0 Å². The van der Waals surface area contributed by atoms with Gasteiger partial charge in [0.25, 0.3) is 0 Å². The number of hydrogen-bond acceptors (Lipinski definition) is 4. The van der Waals surface area contributed by atoms with Gasteiger partial charge in [-0.1, -0.05) is 0 Å². The summed E-state index contributed by atoms with van der Waals surface area (Å²) in [5, 5.41) is 0. The molecule has 2 rings (SSSR count). The molecule has 1 aliphatic rings. The molecule has 1 aromatic rings. The summed E-state index contributed by atoms with van der Waals surface area (Å²) in [7, 11) is -3.35. The van der Waals surface area contributed by atoms with Crippen molar-refractivity contribution < 1.29 is 17.9 Å². The van der Waals surface area contributed by atoms with Crippen molar-refractivity contribution in [1.29, 1.82) is 0 Å². The normalized spacial score (nSPS) is 15.4. The predicted octanol–water partition coefficient (Wildman–Crippen LogP) is 2.39. The Bertz CT molecular complexity index is 550. The van der Waals surface area contributed by atoms with Gasteiger partial charge in [-0.2, -0.15) is 0 Å². The largest absolute Gasteiger partial charge is 0.491 e. The van der Waals surface area contributed by atoms with Crippen molar-refractivity contribution in [2.75, 3.05) is 11.0 Å². The van der Waals surface area contributed by atoms with Crippen LogP contribution in [0.1, 0.15) is 26.7 Å². The highest BCUT2D eigenvalue weighted by Gasteiger charge is 2.25. The highest BCUT2D eigenvalue weighted by atomic mass is 32.2. The summed E-state index contributed by atoms with van der Waals surface area (Å²) in [6, 6.07) is 5.17. The molecule has 5 nitrogen and oxygen atoms in total. The standard InChI is InChI=1S/C13H19NO4S/c1-9(2)17-11-6-7-13(18-10-4-5-10)12(8-11)14-19(3,15)16/h6-10,14H,4-5H2,1-3H3. The van der Waals surface area contributed by atoms with E-state index >= 15 is 0 Å². The molecule has 0 bridgehead atoms. The topological polar surface area (TPSA) is 64.6 Å². The van der Waals surface area contributed by atoms with Crippen molar-refractivity contribution in [2.24, 2.45) is 0 Å². The first kappa shape index (κ1) is 14.0. The minimum atomic E-state index is -3.35. The summed E-state index contributed by atoms with van der Waals surface area (Å²) >= 11 is 0. The van der Waals surface area contributed by atoms with Crippen LogP contribution in [0.4, 0.5) is 5.69 Å². The summed E-state index contributed by atoms with van der Waals surface area (Å²) in [6.45, 7) is 3.83. The van der Waals surface area contributed by atoms with Crippen molar-refractivity contribution in [3.05, 3.63) is 18.2 Å². The van der Waals surface area contributed by atoms with Gasteiger partial charge in [-0.25, -0.2) is 8.42 Å². The van der Waals surface area contributed by atoms with E-state index in [9.17, 15) is 8.42 Å². The lowest BCUT2D eigenvalue weighted by Crippen LogP contribution is -2.12. The van der Waals surface area contributed by atoms with Gasteiger partial charge in [0, 0.05) is 6.07 Å². The minimum Gasteiger partial charge on any atom is -0.491 e. The molecule has 1 aliphatic carbocycles. The van der Waals surface area contributed by atoms with Crippen LogP contribution in [0.3, 0.4) is 0 Å². The Morgan fingerprint density at radius 1 is 1.32 bits per heavy atom. The summed E-state index contributed by atoms with van der Waals surface area (Å²) in [5.74, 6) is 1.16. The molecule has 0 unspecified atom stereocenters. The first-order valence-corrected chi connectivity index (χ1v) is 8.18. The molecular weight excluding hydrogens is 266 g/mol. The summed E-state index contributed by atoms with van der Waals surface area (Å²) < 4.78 is 36.5. The Morgan fingerprint density at radius 2 is 2.00 bits per heavy atom. The maximum Gasteiger partial charge on any atom is 0.229 e. The molecule has 1 aromatic carbocycles. The van der Waals surface area contributed by atoms with Crippen molar-refractivity contribution >= 4 is 15.7 Å². The molecule has 0 atom stereocenters. The third-order valence-corrected chi connectivity index (χ3v) is 3.03. The molecule has 0 saturated heterocycles. The number of rotatable bonds is 6. The number of anilines is 1. The van der Waals surface area contributed by atoms with E-state index in [2.05, 4.69) is 4.72 Å². The minimum absolute atomic E-state index is 0.0290. The Morgan fingerprint density at radius 3 is 2.53 bits per heavy atom. The second-order valence-corrected chi connectivity index (χ2v) is 6.76. The zero-order valence-electron chi connectivity index (χ0n) is 11.3. The summed E-state index contributed by atoms with van der Waals surface area (Å²) in [5.41, 5.74) is 0.424. The lowest BCUT2D eigenvalue weighted by atomic mass is 10.3. The second kappa shape index (κ2) is 5.28. The lowest BCUT2D eigenvalue weighted by molar-refractivity contribution is 0.241. The van der Waals surface area contributed by atoms with Crippen molar-refractivity contribution in [1.82, 2.24) is 0 Å². The van der Waals surface area contributed by atoms with Crippen LogP contribution in [-0.4, -0.2) is 26.9 Å². The quantitative estimate of drug-likeness (QED) is 0.871. The van der Waals surface area contributed by atoms with Gasteiger partial charge in [0.1, 0.15) is 11.5 Å². The van der Waals surface area contributed by atoms with Crippen LogP contribution >= 0.6 is 0 Å². The van der Waals surface area contributed by atoms with Gasteiger partial charge in [0.05, 0.1) is 24.2 Å². The van der Waals surface area contributed by atoms with Crippen LogP contribution < -0.4 is 14.2 Å². The zero-order chi connectivity index (χ0) is 14.0. The third-order valence-electron chi connectivity index (χ3n) is 2.44. The Kier molecular flexibility index (Phi) is 3.89. The third kappa shape index (κ3) is 4.63. The van der Waals surface area contributed by atoms with Crippen LogP contribution in [-0.2, 0) is 10.0 Å². The van der Waals surface area contributed by atoms with Gasteiger partial charge in [-0.05, 0) is 38.8 Å². The predicted molar refractivity (Wildman–Crippen MR) is 74.3 cm³/mol. The molecule has 0 radical (unpaired) electrons. The van der Waals surface area contributed by atoms with Crippen LogP contribution in [0.5, 0.6) is 11.5 Å². The first-order valence-electron chi connectivity index (χ1n) is 6.28. The number of sulfonamides is 1. The lowest BCUT2D eigenvalue weighted by Gasteiger charge is -2.15. The molecule has 1 fully saturated rings. The fourth-order valence-electron chi connectivity index (χ4n) is 1.60. The smallest absolute Gasteiger partial charge is 0.229 e. The van der Waals surface area contributed by atoms with Gasteiger partial charge in [0.15, 0.2) is 0 Å². The van der Waals surface area contributed by atoms with Crippen LogP contribution in [0, 0.1) is 0 Å². The van der Waals surface area contributed by atoms with Gasteiger partial charge in [0.2, 0.25) is 10.0 Å². The molecule has 1 saturated carbocycles. The highest BCUT2D eigenvalue weighted by molar-refractivity contribution is 7.92. The van der Waals surface area contributed by atoms with Crippen molar-refractivity contribution in [2.45, 2.75) is 38.9 Å². The fraction of sp³-hybridized carbons (Fsp3) is 0.538. The Hall–Kier alpha value is -1.43. The highest BCUT2D eigenvalue weighted by Crippen LogP contribution is 2.35. The zero-order valence-corrected chi connectivity index (χ0v) is 12.2. The molecule has 0 aromatic heterocycles. The van der Waals surface area contributed by atoms with Crippen molar-refractivity contribution in [3.63, 3.8) is 0 Å². The maximum atomic E-state index is 11.4. The van der Waals surface area contributed by atoms with E-state index in [4.69, 9.17) is 9.47 Å². The molecular formula is C13H19NO4S. The molecule has 0 heterocycles. The molecule has 6 heteroatoms. The maximum absolute atomic E-state index is 11.4. The van der Waals surface area contributed by atoms with E-state index in [1.165, 1.54) is 0 Å². The van der Waals surface area contributed by atoms with Gasteiger partial charge < -0.3 is 9.47 Å². The van der Waals surface area contributed by atoms with E-state index in [0.29, 0.717) is 17.2 Å². The number of benzene rings is 1. The molecule has 1 N–H and O–H groups in total. The van der Waals surface area contributed by atoms with Crippen LogP contribution in [0.25, 0.3) is 0 Å². The molecule has 19 heavy (non-hydrogen) atoms. The average Bonchev–Trinajstić information content (AvgIpc) is 3.02. The molecule has 0 aliphatic heterocycles. The van der Waals surface area contributed by atoms with Crippen molar-refractivity contribution in [3.8, 4) is 11.5 Å². The van der Waals surface area contributed by atoms with E-state index in [1.54, 1.807) is 18.2 Å². The van der Waals surface area contributed by atoms with E-state index in [1.807, 2.05) is 13.8 Å². The van der Waals surface area contributed by atoms with Gasteiger partial charge >= 0.3 is 0 Å². The number of ether oxygens (including phenoxy) is 2. The van der Waals surface area contributed by atoms with Gasteiger partial charge in [-0.3, -0.25) is 4.72 Å². The fourth-order valence-corrected chi connectivity index (χ4v) is 2.16. The summed E-state index contributed by atoms with van der Waals surface area (Å²) in [6.07, 6.45) is 3.38.